The fraction of sp³-hybridized carbons (Fsp3) is 0.200. The molecular formula is C15H16N2O. The molecule has 18 heavy (non-hydrogen) atoms. The van der Waals surface area contributed by atoms with Crippen LogP contribution in [0.4, 0.5) is 0 Å². The van der Waals surface area contributed by atoms with Crippen molar-refractivity contribution in [3.05, 3.63) is 53.6 Å². The Labute approximate surface area is 107 Å². The van der Waals surface area contributed by atoms with Crippen molar-refractivity contribution in [2.24, 2.45) is 0 Å². The molecule has 0 radical (unpaired) electrons. The molecule has 3 nitrogen and oxygen atoms in total. The van der Waals surface area contributed by atoms with Crippen molar-refractivity contribution in [3.63, 3.8) is 0 Å². The lowest BCUT2D eigenvalue weighted by Crippen LogP contribution is -2.30. The second-order valence-corrected chi connectivity index (χ2v) is 4.09. The Hall–Kier alpha value is -2.34. The highest BCUT2D eigenvalue weighted by atomic mass is 16.1. The van der Waals surface area contributed by atoms with E-state index in [-0.39, 0.29) is 17.5 Å². The number of carbonyl (C=O) groups is 1. The zero-order valence-electron chi connectivity index (χ0n) is 10.6. The first-order chi connectivity index (χ1) is 8.63. The van der Waals surface area contributed by atoms with Gasteiger partial charge in [-0.1, -0.05) is 42.5 Å². The molecular weight excluding hydrogens is 224 g/mol. The van der Waals surface area contributed by atoms with Gasteiger partial charge in [0.2, 0.25) is 0 Å². The third-order valence-electron chi connectivity index (χ3n) is 2.14. The average molecular weight is 240 g/mol. The van der Waals surface area contributed by atoms with E-state index < -0.39 is 0 Å². The van der Waals surface area contributed by atoms with E-state index in [2.05, 4.69) is 5.32 Å². The Balaban J connectivity index is 2.72. The molecule has 0 heterocycles. The summed E-state index contributed by atoms with van der Waals surface area (Å²) in [6, 6.07) is 11.6. The number of rotatable bonds is 4. The molecule has 0 fully saturated rings. The van der Waals surface area contributed by atoms with Crippen LogP contribution in [0.3, 0.4) is 0 Å². The maximum absolute atomic E-state index is 11.6. The minimum atomic E-state index is -0.342. The molecule has 92 valence electrons. The van der Waals surface area contributed by atoms with Crippen LogP contribution in [0.2, 0.25) is 0 Å². The highest BCUT2D eigenvalue weighted by Crippen LogP contribution is 2.02. The van der Waals surface area contributed by atoms with Crippen LogP contribution in [0.1, 0.15) is 19.4 Å². The number of nitrogens with one attached hydrogen (secondary N) is 1. The molecule has 3 heteroatoms. The normalized spacial score (nSPS) is 11.6. The number of amides is 1. The quantitative estimate of drug-likeness (QED) is 0.499. The molecule has 1 aromatic carbocycles. The van der Waals surface area contributed by atoms with Crippen molar-refractivity contribution in [2.75, 3.05) is 0 Å². The number of allylic oxidation sites excluding steroid dienone is 2. The molecule has 0 aliphatic rings. The first kappa shape index (κ1) is 13.7. The molecule has 1 rings (SSSR count). The van der Waals surface area contributed by atoms with Crippen molar-refractivity contribution < 1.29 is 4.79 Å². The molecule has 1 N–H and O–H groups in total. The lowest BCUT2D eigenvalue weighted by Gasteiger charge is -2.06. The second-order valence-electron chi connectivity index (χ2n) is 4.09. The van der Waals surface area contributed by atoms with Crippen molar-refractivity contribution in [1.82, 2.24) is 5.32 Å². The van der Waals surface area contributed by atoms with E-state index >= 15 is 0 Å². The van der Waals surface area contributed by atoms with E-state index in [1.54, 1.807) is 6.08 Å². The van der Waals surface area contributed by atoms with Gasteiger partial charge in [-0.15, -0.1) is 0 Å². The van der Waals surface area contributed by atoms with Crippen molar-refractivity contribution >= 4 is 12.0 Å². The third-order valence-corrected chi connectivity index (χ3v) is 2.14. The summed E-state index contributed by atoms with van der Waals surface area (Å²) in [5.41, 5.74) is 1.13. The Kier molecular flexibility index (Phi) is 5.40. The SMILES string of the molecule is CC(C)NC(=O)/C(C#N)=C\C=C\c1ccccc1. The highest BCUT2D eigenvalue weighted by Gasteiger charge is 2.07. The lowest BCUT2D eigenvalue weighted by atomic mass is 10.2. The molecule has 1 aromatic rings. The van der Waals surface area contributed by atoms with Crippen molar-refractivity contribution in [2.45, 2.75) is 19.9 Å². The molecule has 0 aliphatic heterocycles. The molecule has 1 amide bonds. The van der Waals surface area contributed by atoms with E-state index in [1.165, 1.54) is 6.08 Å². The Morgan fingerprint density at radius 3 is 2.56 bits per heavy atom. The van der Waals surface area contributed by atoms with Gasteiger partial charge in [-0.05, 0) is 25.5 Å². The summed E-state index contributed by atoms with van der Waals surface area (Å²) < 4.78 is 0. The summed E-state index contributed by atoms with van der Waals surface area (Å²) in [6.07, 6.45) is 5.07. The number of hydrogen-bond acceptors (Lipinski definition) is 2. The molecule has 0 saturated carbocycles. The fourth-order valence-corrected chi connectivity index (χ4v) is 1.32. The van der Waals surface area contributed by atoms with Crippen LogP contribution >= 0.6 is 0 Å². The first-order valence-corrected chi connectivity index (χ1v) is 5.78. The monoisotopic (exact) mass is 240 g/mol. The summed E-state index contributed by atoms with van der Waals surface area (Å²) in [5.74, 6) is -0.342. The number of hydrogen-bond donors (Lipinski definition) is 1. The smallest absolute Gasteiger partial charge is 0.262 e. The van der Waals surface area contributed by atoms with Crippen LogP contribution in [0.5, 0.6) is 0 Å². The van der Waals surface area contributed by atoms with E-state index in [4.69, 9.17) is 5.26 Å². The zero-order valence-corrected chi connectivity index (χ0v) is 10.6. The number of nitriles is 1. The van der Waals surface area contributed by atoms with Crippen molar-refractivity contribution in [1.29, 1.82) is 5.26 Å². The molecule has 0 aliphatic carbocycles. The summed E-state index contributed by atoms with van der Waals surface area (Å²) in [4.78, 5) is 11.6. The third kappa shape index (κ3) is 4.67. The van der Waals surface area contributed by atoms with E-state index in [0.29, 0.717) is 0 Å². The van der Waals surface area contributed by atoms with Gasteiger partial charge in [0.15, 0.2) is 0 Å². The summed E-state index contributed by atoms with van der Waals surface area (Å²) in [7, 11) is 0. The van der Waals surface area contributed by atoms with Gasteiger partial charge in [-0.2, -0.15) is 5.26 Å². The van der Waals surface area contributed by atoms with Crippen LogP contribution in [0.25, 0.3) is 6.08 Å². The van der Waals surface area contributed by atoms with E-state index in [0.717, 1.165) is 5.56 Å². The molecule has 0 spiro atoms. The van der Waals surface area contributed by atoms with Crippen LogP contribution in [0, 0.1) is 11.3 Å². The van der Waals surface area contributed by atoms with Crippen LogP contribution in [-0.2, 0) is 4.79 Å². The largest absolute Gasteiger partial charge is 0.349 e. The van der Waals surface area contributed by atoms with Crippen LogP contribution < -0.4 is 5.32 Å². The topological polar surface area (TPSA) is 52.9 Å². The van der Waals surface area contributed by atoms with E-state index in [1.807, 2.05) is 56.3 Å². The predicted octanol–water partition coefficient (Wildman–Crippen LogP) is 2.67. The van der Waals surface area contributed by atoms with Gasteiger partial charge in [-0.25, -0.2) is 0 Å². The molecule has 0 saturated heterocycles. The van der Waals surface area contributed by atoms with Gasteiger partial charge >= 0.3 is 0 Å². The first-order valence-electron chi connectivity index (χ1n) is 5.78. The zero-order chi connectivity index (χ0) is 13.4. The maximum Gasteiger partial charge on any atom is 0.262 e. The van der Waals surface area contributed by atoms with Gasteiger partial charge in [0.1, 0.15) is 11.6 Å². The summed E-state index contributed by atoms with van der Waals surface area (Å²) in [6.45, 7) is 3.71. The molecule has 0 bridgehead atoms. The van der Waals surface area contributed by atoms with Crippen molar-refractivity contribution in [3.8, 4) is 6.07 Å². The maximum atomic E-state index is 11.6. The average Bonchev–Trinajstić information content (AvgIpc) is 2.35. The Morgan fingerprint density at radius 2 is 2.00 bits per heavy atom. The standard InChI is InChI=1S/C15H16N2O/c1-12(2)17-15(18)14(11-16)10-6-9-13-7-4-3-5-8-13/h3-10,12H,1-2H3,(H,17,18)/b9-6+,14-10-. The number of benzene rings is 1. The second kappa shape index (κ2) is 7.08. The van der Waals surface area contributed by atoms with Gasteiger partial charge in [0.25, 0.3) is 5.91 Å². The molecule has 0 atom stereocenters. The summed E-state index contributed by atoms with van der Waals surface area (Å²) >= 11 is 0. The predicted molar refractivity (Wildman–Crippen MR) is 72.5 cm³/mol. The lowest BCUT2D eigenvalue weighted by molar-refractivity contribution is -0.117. The van der Waals surface area contributed by atoms with Gasteiger partial charge in [0, 0.05) is 6.04 Å². The fourth-order valence-electron chi connectivity index (χ4n) is 1.32. The van der Waals surface area contributed by atoms with E-state index in [9.17, 15) is 4.79 Å². The number of nitrogens with zero attached hydrogens (tertiary/aromatic N) is 1. The van der Waals surface area contributed by atoms with Gasteiger partial charge < -0.3 is 5.32 Å². The van der Waals surface area contributed by atoms with Gasteiger partial charge in [-0.3, -0.25) is 4.79 Å². The minimum Gasteiger partial charge on any atom is -0.349 e. The molecule has 0 aromatic heterocycles. The Bertz CT molecular complexity index is 493. The van der Waals surface area contributed by atoms with Crippen LogP contribution in [0.15, 0.2) is 48.1 Å². The number of carbonyl (C=O) groups excluding carboxylic acids is 1. The van der Waals surface area contributed by atoms with Gasteiger partial charge in [0.05, 0.1) is 0 Å². The molecule has 0 unspecified atom stereocenters. The minimum absolute atomic E-state index is 0.0207. The summed E-state index contributed by atoms with van der Waals surface area (Å²) in [5, 5.41) is 11.6. The highest BCUT2D eigenvalue weighted by molar-refractivity contribution is 5.97. The Morgan fingerprint density at radius 1 is 1.33 bits per heavy atom. The van der Waals surface area contributed by atoms with Crippen LogP contribution in [-0.4, -0.2) is 11.9 Å².